The van der Waals surface area contributed by atoms with E-state index in [9.17, 15) is 4.79 Å². The SMILES string of the molecule is CCCN1CCC(N2C[C@H](NC/C(Cl)=C/c3ccccc3)C[C@H]2C(=O)NC)CC1. The minimum Gasteiger partial charge on any atom is -0.358 e. The molecule has 2 N–H and O–H groups in total. The zero-order valence-corrected chi connectivity index (χ0v) is 18.5. The largest absolute Gasteiger partial charge is 0.358 e. The first kappa shape index (κ1) is 22.3. The number of nitrogens with one attached hydrogen (secondary N) is 2. The van der Waals surface area contributed by atoms with Crippen LogP contribution >= 0.6 is 11.6 Å². The summed E-state index contributed by atoms with van der Waals surface area (Å²) in [6, 6.07) is 10.9. The van der Waals surface area contributed by atoms with Gasteiger partial charge in [0.2, 0.25) is 5.91 Å². The van der Waals surface area contributed by atoms with Gasteiger partial charge in [0, 0.05) is 37.3 Å². The zero-order valence-electron chi connectivity index (χ0n) is 17.7. The number of likely N-dealkylation sites (tertiary alicyclic amines) is 2. The van der Waals surface area contributed by atoms with E-state index < -0.39 is 0 Å². The molecule has 1 aromatic rings. The lowest BCUT2D eigenvalue weighted by Crippen LogP contribution is -2.51. The number of carbonyl (C=O) groups excluding carboxylic acids is 1. The van der Waals surface area contributed by atoms with Gasteiger partial charge in [-0.2, -0.15) is 0 Å². The number of hydrogen-bond acceptors (Lipinski definition) is 4. The van der Waals surface area contributed by atoms with Gasteiger partial charge in [-0.25, -0.2) is 0 Å². The molecule has 0 unspecified atom stereocenters. The molecule has 1 aromatic carbocycles. The molecule has 1 amide bonds. The van der Waals surface area contributed by atoms with E-state index >= 15 is 0 Å². The first-order valence-corrected chi connectivity index (χ1v) is 11.3. The first-order chi connectivity index (χ1) is 14.1. The Labute approximate surface area is 180 Å². The van der Waals surface area contributed by atoms with Crippen LogP contribution in [-0.4, -0.2) is 73.6 Å². The molecule has 3 rings (SSSR count). The Morgan fingerprint density at radius 2 is 1.97 bits per heavy atom. The number of halogens is 1. The molecule has 2 saturated heterocycles. The second-order valence-electron chi connectivity index (χ2n) is 8.22. The van der Waals surface area contributed by atoms with Gasteiger partial charge < -0.3 is 15.5 Å². The van der Waals surface area contributed by atoms with Crippen LogP contribution in [0.2, 0.25) is 0 Å². The topological polar surface area (TPSA) is 47.6 Å². The molecule has 0 spiro atoms. The summed E-state index contributed by atoms with van der Waals surface area (Å²) in [6.45, 7) is 7.23. The fourth-order valence-electron chi connectivity index (χ4n) is 4.65. The fourth-order valence-corrected chi connectivity index (χ4v) is 4.85. The lowest BCUT2D eigenvalue weighted by atomic mass is 10.0. The van der Waals surface area contributed by atoms with Crippen LogP contribution in [-0.2, 0) is 4.79 Å². The number of benzene rings is 1. The smallest absolute Gasteiger partial charge is 0.237 e. The van der Waals surface area contributed by atoms with Crippen LogP contribution in [0.15, 0.2) is 35.4 Å². The van der Waals surface area contributed by atoms with Gasteiger partial charge in [0.05, 0.1) is 6.04 Å². The maximum atomic E-state index is 12.5. The predicted molar refractivity (Wildman–Crippen MR) is 121 cm³/mol. The Morgan fingerprint density at radius 1 is 1.24 bits per heavy atom. The van der Waals surface area contributed by atoms with Gasteiger partial charge in [0.25, 0.3) is 0 Å². The Kier molecular flexibility index (Phi) is 8.54. The lowest BCUT2D eigenvalue weighted by molar-refractivity contribution is -0.126. The van der Waals surface area contributed by atoms with Crippen molar-refractivity contribution >= 4 is 23.6 Å². The average Bonchev–Trinajstić information content (AvgIpc) is 3.17. The Bertz CT molecular complexity index is 673. The number of nitrogens with zero attached hydrogens (tertiary/aromatic N) is 2. The molecule has 2 atom stereocenters. The number of amides is 1. The number of hydrogen-bond donors (Lipinski definition) is 2. The highest BCUT2D eigenvalue weighted by atomic mass is 35.5. The van der Waals surface area contributed by atoms with Crippen LogP contribution in [0.4, 0.5) is 0 Å². The Balaban J connectivity index is 1.56. The molecule has 0 radical (unpaired) electrons. The van der Waals surface area contributed by atoms with Crippen molar-refractivity contribution in [3.8, 4) is 0 Å². The Morgan fingerprint density at radius 3 is 2.62 bits per heavy atom. The average molecular weight is 419 g/mol. The van der Waals surface area contributed by atoms with E-state index in [1.807, 2.05) is 36.4 Å². The number of rotatable bonds is 8. The quantitative estimate of drug-likeness (QED) is 0.681. The fraction of sp³-hybridized carbons (Fsp3) is 0.609. The highest BCUT2D eigenvalue weighted by Crippen LogP contribution is 2.27. The van der Waals surface area contributed by atoms with Crippen molar-refractivity contribution in [2.75, 3.05) is 39.8 Å². The number of carbonyl (C=O) groups is 1. The van der Waals surface area contributed by atoms with E-state index in [2.05, 4.69) is 27.4 Å². The predicted octanol–water partition coefficient (Wildman–Crippen LogP) is 2.92. The van der Waals surface area contributed by atoms with Crippen molar-refractivity contribution < 1.29 is 4.79 Å². The molecule has 2 aliphatic rings. The van der Waals surface area contributed by atoms with E-state index in [4.69, 9.17) is 11.6 Å². The van der Waals surface area contributed by atoms with Gasteiger partial charge in [-0.15, -0.1) is 0 Å². The maximum Gasteiger partial charge on any atom is 0.237 e. The van der Waals surface area contributed by atoms with E-state index in [0.717, 1.165) is 49.5 Å². The summed E-state index contributed by atoms with van der Waals surface area (Å²) in [5, 5.41) is 7.23. The maximum absolute atomic E-state index is 12.5. The third-order valence-electron chi connectivity index (χ3n) is 6.14. The molecular weight excluding hydrogens is 384 g/mol. The summed E-state index contributed by atoms with van der Waals surface area (Å²) in [5.74, 6) is 0.135. The van der Waals surface area contributed by atoms with Gasteiger partial charge in [-0.05, 0) is 57.0 Å². The van der Waals surface area contributed by atoms with Gasteiger partial charge >= 0.3 is 0 Å². The van der Waals surface area contributed by atoms with Crippen LogP contribution in [0.25, 0.3) is 6.08 Å². The van der Waals surface area contributed by atoms with Crippen LogP contribution in [0, 0.1) is 0 Å². The molecular formula is C23H35ClN4O. The number of likely N-dealkylation sites (N-methyl/N-ethyl adjacent to an activating group) is 1. The van der Waals surface area contributed by atoms with Crippen molar-refractivity contribution in [2.45, 2.75) is 50.7 Å². The molecule has 5 nitrogen and oxygen atoms in total. The molecule has 2 heterocycles. The first-order valence-electron chi connectivity index (χ1n) is 10.9. The van der Waals surface area contributed by atoms with Gasteiger partial charge in [-0.3, -0.25) is 9.69 Å². The van der Waals surface area contributed by atoms with Crippen LogP contribution < -0.4 is 10.6 Å². The van der Waals surface area contributed by atoms with Crippen molar-refractivity contribution in [2.24, 2.45) is 0 Å². The minimum atomic E-state index is -0.0443. The molecule has 0 aliphatic carbocycles. The normalized spacial score (nSPS) is 24.7. The Hall–Kier alpha value is -1.40. The highest BCUT2D eigenvalue weighted by Gasteiger charge is 2.40. The summed E-state index contributed by atoms with van der Waals surface area (Å²) in [6.07, 6.45) is 6.34. The molecule has 2 fully saturated rings. The van der Waals surface area contributed by atoms with Crippen molar-refractivity contribution in [3.05, 3.63) is 40.9 Å². The van der Waals surface area contributed by atoms with Crippen LogP contribution in [0.1, 0.15) is 38.2 Å². The molecule has 0 aromatic heterocycles. The number of piperidine rings is 1. The second kappa shape index (κ2) is 11.1. The summed E-state index contributed by atoms with van der Waals surface area (Å²) < 4.78 is 0. The monoisotopic (exact) mass is 418 g/mol. The summed E-state index contributed by atoms with van der Waals surface area (Å²) >= 11 is 6.45. The van der Waals surface area contributed by atoms with E-state index in [1.54, 1.807) is 7.05 Å². The van der Waals surface area contributed by atoms with E-state index in [1.165, 1.54) is 13.0 Å². The molecule has 2 aliphatic heterocycles. The van der Waals surface area contributed by atoms with Crippen molar-refractivity contribution in [1.29, 1.82) is 0 Å². The van der Waals surface area contributed by atoms with Gasteiger partial charge in [0.15, 0.2) is 0 Å². The van der Waals surface area contributed by atoms with E-state index in [-0.39, 0.29) is 18.0 Å². The van der Waals surface area contributed by atoms with Gasteiger partial charge in [-0.1, -0.05) is 48.9 Å². The summed E-state index contributed by atoms with van der Waals surface area (Å²) in [4.78, 5) is 17.5. The summed E-state index contributed by atoms with van der Waals surface area (Å²) in [5.41, 5.74) is 1.11. The molecule has 29 heavy (non-hydrogen) atoms. The third kappa shape index (κ3) is 6.29. The third-order valence-corrected chi connectivity index (χ3v) is 6.38. The summed E-state index contributed by atoms with van der Waals surface area (Å²) in [7, 11) is 1.74. The van der Waals surface area contributed by atoms with Crippen LogP contribution in [0.5, 0.6) is 0 Å². The minimum absolute atomic E-state index is 0.0443. The molecule has 0 saturated carbocycles. The van der Waals surface area contributed by atoms with Gasteiger partial charge in [0.1, 0.15) is 0 Å². The standard InChI is InChI=1S/C23H35ClN4O/c1-3-11-27-12-9-21(10-13-27)28-17-20(15-22(28)23(29)25-2)26-16-19(24)14-18-7-5-4-6-8-18/h4-8,14,20-22,26H,3,9-13,15-17H2,1-2H3,(H,25,29)/b19-14-/t20-,22+/m1/s1. The lowest BCUT2D eigenvalue weighted by Gasteiger charge is -2.38. The van der Waals surface area contributed by atoms with Crippen molar-refractivity contribution in [1.82, 2.24) is 20.4 Å². The van der Waals surface area contributed by atoms with E-state index in [0.29, 0.717) is 12.6 Å². The van der Waals surface area contributed by atoms with Crippen LogP contribution in [0.3, 0.4) is 0 Å². The highest BCUT2D eigenvalue weighted by molar-refractivity contribution is 6.31. The zero-order chi connectivity index (χ0) is 20.6. The molecule has 160 valence electrons. The molecule has 0 bridgehead atoms. The molecule has 6 heteroatoms. The van der Waals surface area contributed by atoms with Crippen molar-refractivity contribution in [3.63, 3.8) is 0 Å². The second-order valence-corrected chi connectivity index (χ2v) is 8.70.